The molecule has 1 aliphatic heterocycles. The van der Waals surface area contributed by atoms with Gasteiger partial charge < -0.3 is 15.5 Å². The van der Waals surface area contributed by atoms with Crippen LogP contribution in [-0.2, 0) is 11.2 Å². The van der Waals surface area contributed by atoms with Crippen LogP contribution < -0.4 is 10.6 Å². The highest BCUT2D eigenvalue weighted by molar-refractivity contribution is 7.09. The van der Waals surface area contributed by atoms with E-state index >= 15 is 0 Å². The molecule has 0 bridgehead atoms. The highest BCUT2D eigenvalue weighted by Crippen LogP contribution is 2.13. The molecule has 4 nitrogen and oxygen atoms in total. The van der Waals surface area contributed by atoms with Crippen molar-refractivity contribution in [1.29, 1.82) is 0 Å². The Bertz CT molecular complexity index is 402. The van der Waals surface area contributed by atoms with Crippen LogP contribution in [0.15, 0.2) is 17.5 Å². The number of aryl methyl sites for hydroxylation is 1. The van der Waals surface area contributed by atoms with Gasteiger partial charge >= 0.3 is 0 Å². The van der Waals surface area contributed by atoms with Crippen LogP contribution in [0.4, 0.5) is 0 Å². The van der Waals surface area contributed by atoms with E-state index in [9.17, 15) is 4.79 Å². The van der Waals surface area contributed by atoms with Crippen LogP contribution in [0.25, 0.3) is 0 Å². The van der Waals surface area contributed by atoms with Crippen LogP contribution in [0.1, 0.15) is 37.0 Å². The van der Waals surface area contributed by atoms with Gasteiger partial charge in [0.15, 0.2) is 0 Å². The Morgan fingerprint density at radius 3 is 2.86 bits per heavy atom. The lowest BCUT2D eigenvalue weighted by Gasteiger charge is -2.27. The molecule has 1 fully saturated rings. The standard InChI is InChI=1S/C17H29N3OS/c21-17(8-3-1-2-6-16-7-4-15-22-16)19-9-5-12-20-13-10-18-11-14-20/h4,7,15,18H,1-3,5-6,8-14H2,(H,19,21). The number of hydrogen-bond acceptors (Lipinski definition) is 4. The minimum Gasteiger partial charge on any atom is -0.356 e. The molecule has 1 aliphatic rings. The van der Waals surface area contributed by atoms with E-state index in [1.54, 1.807) is 0 Å². The van der Waals surface area contributed by atoms with Gasteiger partial charge in [-0.3, -0.25) is 4.79 Å². The van der Waals surface area contributed by atoms with Gasteiger partial charge in [0.2, 0.25) is 5.91 Å². The van der Waals surface area contributed by atoms with Gasteiger partial charge in [0.25, 0.3) is 0 Å². The third kappa shape index (κ3) is 7.38. The third-order valence-corrected chi connectivity index (χ3v) is 5.03. The summed E-state index contributed by atoms with van der Waals surface area (Å²) < 4.78 is 0. The molecule has 22 heavy (non-hydrogen) atoms. The van der Waals surface area contributed by atoms with Crippen molar-refractivity contribution >= 4 is 17.2 Å². The molecule has 1 aromatic heterocycles. The third-order valence-electron chi connectivity index (χ3n) is 4.09. The first-order valence-corrected chi connectivity index (χ1v) is 9.45. The molecule has 0 unspecified atom stereocenters. The molecular weight excluding hydrogens is 294 g/mol. The average molecular weight is 324 g/mol. The zero-order valence-corrected chi connectivity index (χ0v) is 14.3. The predicted octanol–water partition coefficient (Wildman–Crippen LogP) is 2.26. The van der Waals surface area contributed by atoms with Crippen LogP contribution >= 0.6 is 11.3 Å². The number of nitrogens with zero attached hydrogens (tertiary/aromatic N) is 1. The number of amides is 1. The van der Waals surface area contributed by atoms with Gasteiger partial charge in [-0.2, -0.15) is 0 Å². The number of unbranched alkanes of at least 4 members (excludes halogenated alkanes) is 2. The highest BCUT2D eigenvalue weighted by Gasteiger charge is 2.08. The van der Waals surface area contributed by atoms with Crippen LogP contribution in [-0.4, -0.2) is 50.1 Å². The Labute approximate surface area is 138 Å². The lowest BCUT2D eigenvalue weighted by Crippen LogP contribution is -2.44. The van der Waals surface area contributed by atoms with E-state index in [1.165, 1.54) is 11.3 Å². The normalized spacial score (nSPS) is 15.8. The van der Waals surface area contributed by atoms with Crippen molar-refractivity contribution in [2.75, 3.05) is 39.3 Å². The van der Waals surface area contributed by atoms with Gasteiger partial charge in [-0.05, 0) is 43.7 Å². The van der Waals surface area contributed by atoms with Crippen molar-refractivity contribution in [2.45, 2.75) is 38.5 Å². The van der Waals surface area contributed by atoms with Gasteiger partial charge in [-0.15, -0.1) is 11.3 Å². The minimum atomic E-state index is 0.219. The fraction of sp³-hybridized carbons (Fsp3) is 0.706. The molecule has 0 aromatic carbocycles. The fourth-order valence-electron chi connectivity index (χ4n) is 2.77. The van der Waals surface area contributed by atoms with E-state index < -0.39 is 0 Å². The van der Waals surface area contributed by atoms with Crippen molar-refractivity contribution in [3.63, 3.8) is 0 Å². The Morgan fingerprint density at radius 2 is 2.09 bits per heavy atom. The number of rotatable bonds is 10. The van der Waals surface area contributed by atoms with E-state index in [4.69, 9.17) is 0 Å². The van der Waals surface area contributed by atoms with Crippen molar-refractivity contribution in [3.05, 3.63) is 22.4 Å². The molecule has 2 heterocycles. The predicted molar refractivity (Wildman–Crippen MR) is 93.4 cm³/mol. The van der Waals surface area contributed by atoms with Crippen molar-refractivity contribution < 1.29 is 4.79 Å². The molecule has 1 aromatic rings. The maximum absolute atomic E-state index is 11.8. The fourth-order valence-corrected chi connectivity index (χ4v) is 3.52. The van der Waals surface area contributed by atoms with Crippen LogP contribution in [0, 0.1) is 0 Å². The SMILES string of the molecule is O=C(CCCCCc1cccs1)NCCCN1CCNCC1. The molecule has 2 rings (SSSR count). The van der Waals surface area contributed by atoms with E-state index in [0.717, 1.165) is 65.0 Å². The minimum absolute atomic E-state index is 0.219. The largest absolute Gasteiger partial charge is 0.356 e. The molecule has 1 saturated heterocycles. The molecule has 0 atom stereocenters. The Balaban J connectivity index is 1.39. The molecule has 0 saturated carbocycles. The maximum Gasteiger partial charge on any atom is 0.219 e. The summed E-state index contributed by atoms with van der Waals surface area (Å²) >= 11 is 1.83. The number of nitrogens with one attached hydrogen (secondary N) is 2. The summed E-state index contributed by atoms with van der Waals surface area (Å²) in [5.74, 6) is 0.219. The quantitative estimate of drug-likeness (QED) is 0.649. The first-order valence-electron chi connectivity index (χ1n) is 8.57. The van der Waals surface area contributed by atoms with Crippen molar-refractivity contribution in [1.82, 2.24) is 15.5 Å². The number of thiophene rings is 1. The van der Waals surface area contributed by atoms with Crippen molar-refractivity contribution in [2.24, 2.45) is 0 Å². The number of carbonyl (C=O) groups excluding carboxylic acids is 1. The van der Waals surface area contributed by atoms with E-state index in [-0.39, 0.29) is 5.91 Å². The summed E-state index contributed by atoms with van der Waals surface area (Å²) in [6.07, 6.45) is 6.24. The number of piperazine rings is 1. The topological polar surface area (TPSA) is 44.4 Å². The summed E-state index contributed by atoms with van der Waals surface area (Å²) in [5, 5.41) is 8.53. The van der Waals surface area contributed by atoms with Crippen LogP contribution in [0.5, 0.6) is 0 Å². The second kappa shape index (κ2) is 10.8. The molecule has 0 radical (unpaired) electrons. The van der Waals surface area contributed by atoms with E-state index in [0.29, 0.717) is 6.42 Å². The number of carbonyl (C=O) groups is 1. The van der Waals surface area contributed by atoms with Gasteiger partial charge in [-0.25, -0.2) is 0 Å². The smallest absolute Gasteiger partial charge is 0.219 e. The number of hydrogen-bond donors (Lipinski definition) is 2. The second-order valence-corrected chi connectivity index (χ2v) is 6.97. The highest BCUT2D eigenvalue weighted by atomic mass is 32.1. The molecule has 0 spiro atoms. The molecule has 124 valence electrons. The Hall–Kier alpha value is -0.910. The zero-order chi connectivity index (χ0) is 15.5. The van der Waals surface area contributed by atoms with Gasteiger partial charge in [0.05, 0.1) is 0 Å². The average Bonchev–Trinajstić information content (AvgIpc) is 3.06. The first kappa shape index (κ1) is 17.4. The lowest BCUT2D eigenvalue weighted by atomic mass is 10.1. The molecule has 2 N–H and O–H groups in total. The lowest BCUT2D eigenvalue weighted by molar-refractivity contribution is -0.121. The monoisotopic (exact) mass is 323 g/mol. The van der Waals surface area contributed by atoms with Gasteiger partial charge in [0.1, 0.15) is 0 Å². The molecule has 1 amide bonds. The summed E-state index contributed by atoms with van der Waals surface area (Å²) in [6, 6.07) is 4.30. The molecule has 0 aliphatic carbocycles. The van der Waals surface area contributed by atoms with E-state index in [2.05, 4.69) is 33.0 Å². The van der Waals surface area contributed by atoms with E-state index in [1.807, 2.05) is 11.3 Å². The summed E-state index contributed by atoms with van der Waals surface area (Å²) in [4.78, 5) is 15.7. The van der Waals surface area contributed by atoms with Crippen LogP contribution in [0.3, 0.4) is 0 Å². The molecular formula is C17H29N3OS. The molecule has 5 heteroatoms. The summed E-state index contributed by atoms with van der Waals surface area (Å²) in [6.45, 7) is 6.38. The van der Waals surface area contributed by atoms with Gasteiger partial charge in [0, 0.05) is 44.0 Å². The van der Waals surface area contributed by atoms with Crippen molar-refractivity contribution in [3.8, 4) is 0 Å². The summed E-state index contributed by atoms with van der Waals surface area (Å²) in [7, 11) is 0. The first-order chi connectivity index (χ1) is 10.8. The van der Waals surface area contributed by atoms with Gasteiger partial charge in [-0.1, -0.05) is 12.5 Å². The van der Waals surface area contributed by atoms with Crippen LogP contribution in [0.2, 0.25) is 0 Å². The zero-order valence-electron chi connectivity index (χ0n) is 13.5. The Morgan fingerprint density at radius 1 is 1.23 bits per heavy atom. The maximum atomic E-state index is 11.8. The Kier molecular flexibility index (Phi) is 8.53. The summed E-state index contributed by atoms with van der Waals surface area (Å²) in [5.41, 5.74) is 0. The second-order valence-electron chi connectivity index (χ2n) is 5.94.